The monoisotopic (exact) mass is 349 g/mol. The van der Waals surface area contributed by atoms with Gasteiger partial charge in [-0.2, -0.15) is 0 Å². The van der Waals surface area contributed by atoms with Crippen molar-refractivity contribution in [3.05, 3.63) is 48.0 Å². The summed E-state index contributed by atoms with van der Waals surface area (Å²) < 4.78 is 10.5. The van der Waals surface area contributed by atoms with E-state index in [0.29, 0.717) is 12.8 Å². The van der Waals surface area contributed by atoms with Crippen molar-refractivity contribution >= 4 is 12.1 Å². The van der Waals surface area contributed by atoms with Crippen LogP contribution in [0.25, 0.3) is 0 Å². The molecule has 2 N–H and O–H groups in total. The molecule has 0 spiro atoms. The van der Waals surface area contributed by atoms with Crippen molar-refractivity contribution in [2.45, 2.75) is 51.9 Å². The molecule has 0 aromatic heterocycles. The zero-order valence-corrected chi connectivity index (χ0v) is 15.0. The molecule has 138 valence electrons. The van der Waals surface area contributed by atoms with Crippen molar-refractivity contribution in [1.82, 2.24) is 5.32 Å². The van der Waals surface area contributed by atoms with Gasteiger partial charge in [-0.3, -0.25) is 0 Å². The number of alkyl carbamates (subject to hydrolysis) is 1. The highest BCUT2D eigenvalue weighted by atomic mass is 16.6. The standard InChI is InChI=1S/C19H27NO5/c1-19(2,3)25-18(23)20-16(12-8-5-9-13-21)17(22)24-14-15-10-6-4-7-11-15/h4-7,9-11,16,21H,8,12-14H2,1-3H3,(H,20,23)/t16-/m0/s1. The van der Waals surface area contributed by atoms with Gasteiger partial charge in [-0.1, -0.05) is 42.5 Å². The number of carbonyl (C=O) groups excluding carboxylic acids is 2. The van der Waals surface area contributed by atoms with Crippen LogP contribution in [0.5, 0.6) is 0 Å². The molecule has 0 saturated heterocycles. The number of hydrogen-bond acceptors (Lipinski definition) is 5. The average Bonchev–Trinajstić information content (AvgIpc) is 2.54. The van der Waals surface area contributed by atoms with Gasteiger partial charge < -0.3 is 19.9 Å². The molecule has 6 nitrogen and oxygen atoms in total. The fourth-order valence-corrected chi connectivity index (χ4v) is 1.98. The number of amides is 1. The summed E-state index contributed by atoms with van der Waals surface area (Å²) in [4.78, 5) is 24.3. The Morgan fingerprint density at radius 3 is 2.48 bits per heavy atom. The number of carbonyl (C=O) groups is 2. The molecule has 0 heterocycles. The molecule has 0 radical (unpaired) electrons. The Balaban J connectivity index is 2.63. The van der Waals surface area contributed by atoms with E-state index in [4.69, 9.17) is 14.6 Å². The van der Waals surface area contributed by atoms with Crippen molar-refractivity contribution in [3.63, 3.8) is 0 Å². The number of aliphatic hydroxyl groups excluding tert-OH is 1. The zero-order chi connectivity index (χ0) is 18.7. The molecular formula is C19H27NO5. The van der Waals surface area contributed by atoms with Crippen LogP contribution in [-0.2, 0) is 20.9 Å². The number of nitrogens with one attached hydrogen (secondary N) is 1. The van der Waals surface area contributed by atoms with Gasteiger partial charge in [0.2, 0.25) is 0 Å². The molecule has 6 heteroatoms. The summed E-state index contributed by atoms with van der Waals surface area (Å²) in [5, 5.41) is 11.3. The number of ether oxygens (including phenoxy) is 2. The van der Waals surface area contributed by atoms with Crippen LogP contribution in [0, 0.1) is 0 Å². The van der Waals surface area contributed by atoms with E-state index in [1.807, 2.05) is 30.3 Å². The first-order chi connectivity index (χ1) is 11.8. The molecule has 1 aromatic carbocycles. The SMILES string of the molecule is CC(C)(C)OC(=O)N[C@@H](CCC=CCO)C(=O)OCc1ccccc1. The van der Waals surface area contributed by atoms with Crippen molar-refractivity contribution in [2.75, 3.05) is 6.61 Å². The molecule has 1 rings (SSSR count). The molecule has 0 bridgehead atoms. The Kier molecular flexibility index (Phi) is 8.70. The molecule has 0 aliphatic rings. The van der Waals surface area contributed by atoms with Crippen molar-refractivity contribution < 1.29 is 24.2 Å². The van der Waals surface area contributed by atoms with Gasteiger partial charge in [0, 0.05) is 0 Å². The Bertz CT molecular complexity index is 563. The molecule has 0 saturated carbocycles. The molecule has 1 atom stereocenters. The fourth-order valence-electron chi connectivity index (χ4n) is 1.98. The molecule has 25 heavy (non-hydrogen) atoms. The Hall–Kier alpha value is -2.34. The first-order valence-electron chi connectivity index (χ1n) is 8.28. The van der Waals surface area contributed by atoms with E-state index in [1.54, 1.807) is 32.9 Å². The van der Waals surface area contributed by atoms with Crippen LogP contribution in [-0.4, -0.2) is 35.4 Å². The van der Waals surface area contributed by atoms with Gasteiger partial charge in [-0.05, 0) is 39.2 Å². The maximum atomic E-state index is 12.3. The number of hydrogen-bond donors (Lipinski definition) is 2. The van der Waals surface area contributed by atoms with Crippen molar-refractivity contribution in [3.8, 4) is 0 Å². The van der Waals surface area contributed by atoms with E-state index in [2.05, 4.69) is 5.32 Å². The number of allylic oxidation sites excluding steroid dienone is 1. The van der Waals surface area contributed by atoms with E-state index >= 15 is 0 Å². The summed E-state index contributed by atoms with van der Waals surface area (Å²) in [5.41, 5.74) is 0.214. The Morgan fingerprint density at radius 2 is 1.88 bits per heavy atom. The molecule has 1 aromatic rings. The fraction of sp³-hybridized carbons (Fsp3) is 0.474. The maximum Gasteiger partial charge on any atom is 0.408 e. The number of rotatable bonds is 8. The van der Waals surface area contributed by atoms with E-state index in [1.165, 1.54) is 0 Å². The summed E-state index contributed by atoms with van der Waals surface area (Å²) >= 11 is 0. The average molecular weight is 349 g/mol. The van der Waals surface area contributed by atoms with Gasteiger partial charge in [-0.25, -0.2) is 9.59 Å². The summed E-state index contributed by atoms with van der Waals surface area (Å²) in [6, 6.07) is 8.49. The lowest BCUT2D eigenvalue weighted by Crippen LogP contribution is -2.44. The van der Waals surface area contributed by atoms with E-state index < -0.39 is 23.7 Å². The minimum atomic E-state index is -0.818. The Labute approximate surface area is 148 Å². The number of esters is 1. The predicted molar refractivity (Wildman–Crippen MR) is 94.9 cm³/mol. The van der Waals surface area contributed by atoms with Gasteiger partial charge in [-0.15, -0.1) is 0 Å². The maximum absolute atomic E-state index is 12.3. The molecule has 1 amide bonds. The van der Waals surface area contributed by atoms with E-state index in [9.17, 15) is 9.59 Å². The number of aliphatic hydroxyl groups is 1. The lowest BCUT2D eigenvalue weighted by Gasteiger charge is -2.22. The second-order valence-corrected chi connectivity index (χ2v) is 6.52. The lowest BCUT2D eigenvalue weighted by molar-refractivity contribution is -0.147. The molecule has 0 fully saturated rings. The second kappa shape index (κ2) is 10.5. The van der Waals surface area contributed by atoms with Crippen LogP contribution in [0.4, 0.5) is 4.79 Å². The van der Waals surface area contributed by atoms with Crippen LogP contribution >= 0.6 is 0 Å². The van der Waals surface area contributed by atoms with Crippen molar-refractivity contribution in [1.29, 1.82) is 0 Å². The smallest absolute Gasteiger partial charge is 0.408 e. The van der Waals surface area contributed by atoms with Crippen molar-refractivity contribution in [2.24, 2.45) is 0 Å². The highest BCUT2D eigenvalue weighted by Crippen LogP contribution is 2.09. The third-order valence-corrected chi connectivity index (χ3v) is 3.09. The van der Waals surface area contributed by atoms with Gasteiger partial charge in [0.05, 0.1) is 6.61 Å². The highest BCUT2D eigenvalue weighted by molar-refractivity contribution is 5.81. The first kappa shape index (κ1) is 20.7. The molecule has 0 aliphatic carbocycles. The summed E-state index contributed by atoms with van der Waals surface area (Å²) in [7, 11) is 0. The minimum Gasteiger partial charge on any atom is -0.459 e. The predicted octanol–water partition coefficient (Wildman–Crippen LogP) is 2.95. The zero-order valence-electron chi connectivity index (χ0n) is 15.0. The van der Waals surface area contributed by atoms with Crippen LogP contribution < -0.4 is 5.32 Å². The quantitative estimate of drug-likeness (QED) is 0.557. The van der Waals surface area contributed by atoms with E-state index in [0.717, 1.165) is 5.56 Å². The van der Waals surface area contributed by atoms with Gasteiger partial charge in [0.15, 0.2) is 0 Å². The third-order valence-electron chi connectivity index (χ3n) is 3.09. The van der Waals surface area contributed by atoms with Crippen LogP contribution in [0.2, 0.25) is 0 Å². The lowest BCUT2D eigenvalue weighted by atomic mass is 10.1. The summed E-state index contributed by atoms with van der Waals surface area (Å²) in [5.74, 6) is -0.521. The summed E-state index contributed by atoms with van der Waals surface area (Å²) in [6.45, 7) is 5.32. The first-order valence-corrected chi connectivity index (χ1v) is 8.28. The van der Waals surface area contributed by atoms with Crippen LogP contribution in [0.3, 0.4) is 0 Å². The molecule has 0 aliphatic heterocycles. The Morgan fingerprint density at radius 1 is 1.20 bits per heavy atom. The van der Waals surface area contributed by atoms with Crippen LogP contribution in [0.15, 0.2) is 42.5 Å². The number of benzene rings is 1. The largest absolute Gasteiger partial charge is 0.459 e. The third kappa shape index (κ3) is 9.52. The normalized spacial score (nSPS) is 12.6. The minimum absolute atomic E-state index is 0.0669. The van der Waals surface area contributed by atoms with Gasteiger partial charge in [0.1, 0.15) is 18.2 Å². The second-order valence-electron chi connectivity index (χ2n) is 6.52. The highest BCUT2D eigenvalue weighted by Gasteiger charge is 2.25. The molecule has 0 unspecified atom stereocenters. The van der Waals surface area contributed by atoms with Gasteiger partial charge >= 0.3 is 12.1 Å². The molecular weight excluding hydrogens is 322 g/mol. The van der Waals surface area contributed by atoms with E-state index in [-0.39, 0.29) is 13.2 Å². The van der Waals surface area contributed by atoms with Gasteiger partial charge in [0.25, 0.3) is 0 Å². The topological polar surface area (TPSA) is 84.9 Å². The van der Waals surface area contributed by atoms with Crippen LogP contribution in [0.1, 0.15) is 39.2 Å². The summed E-state index contributed by atoms with van der Waals surface area (Å²) in [6.07, 6.45) is 3.53.